The minimum Gasteiger partial charge on any atom is -0.465 e. The molecule has 0 spiro atoms. The van der Waals surface area contributed by atoms with Crippen molar-refractivity contribution in [2.24, 2.45) is 0 Å². The third-order valence-electron chi connectivity index (χ3n) is 4.47. The van der Waals surface area contributed by atoms with Gasteiger partial charge in [-0.15, -0.1) is 0 Å². The number of carbonyl (C=O) groups excluding carboxylic acids is 1. The monoisotopic (exact) mass is 321 g/mol. The number of esters is 1. The maximum absolute atomic E-state index is 14.4. The van der Waals surface area contributed by atoms with Gasteiger partial charge >= 0.3 is 5.97 Å². The Balaban J connectivity index is 1.92. The molecule has 0 atom stereocenters. The van der Waals surface area contributed by atoms with Crippen molar-refractivity contribution in [2.45, 2.75) is 18.8 Å². The first-order chi connectivity index (χ1) is 11.7. The van der Waals surface area contributed by atoms with Gasteiger partial charge in [-0.3, -0.25) is 4.98 Å². The minimum absolute atomic E-state index is 0.352. The Labute approximate surface area is 139 Å². The van der Waals surface area contributed by atoms with Gasteiger partial charge in [0.15, 0.2) is 0 Å². The van der Waals surface area contributed by atoms with E-state index in [0.29, 0.717) is 17.0 Å². The van der Waals surface area contributed by atoms with Gasteiger partial charge in [-0.2, -0.15) is 0 Å². The number of hydrogen-bond donors (Lipinski definition) is 0. The summed E-state index contributed by atoms with van der Waals surface area (Å²) in [6.07, 6.45) is 3.52. The van der Waals surface area contributed by atoms with Crippen LogP contribution in [0, 0.1) is 5.82 Å². The smallest absolute Gasteiger partial charge is 0.337 e. The van der Waals surface area contributed by atoms with E-state index < -0.39 is 5.97 Å². The Bertz CT molecular complexity index is 948. The van der Waals surface area contributed by atoms with Crippen LogP contribution in [0.3, 0.4) is 0 Å². The first kappa shape index (κ1) is 14.8. The summed E-state index contributed by atoms with van der Waals surface area (Å²) in [5.74, 6) is -0.305. The van der Waals surface area contributed by atoms with Gasteiger partial charge in [0.25, 0.3) is 0 Å². The number of ether oxygens (including phenoxy) is 1. The minimum atomic E-state index is -0.402. The van der Waals surface area contributed by atoms with Crippen LogP contribution in [0.5, 0.6) is 0 Å². The number of benzene rings is 2. The van der Waals surface area contributed by atoms with Gasteiger partial charge in [0.05, 0.1) is 18.9 Å². The third kappa shape index (κ3) is 2.54. The average molecular weight is 321 g/mol. The predicted molar refractivity (Wildman–Crippen MR) is 90.5 cm³/mol. The number of halogens is 1. The van der Waals surface area contributed by atoms with Crippen LogP contribution in [-0.4, -0.2) is 18.1 Å². The molecule has 0 bridgehead atoms. The van der Waals surface area contributed by atoms with Crippen molar-refractivity contribution in [3.63, 3.8) is 0 Å². The van der Waals surface area contributed by atoms with Crippen LogP contribution in [0.1, 0.15) is 34.8 Å². The van der Waals surface area contributed by atoms with Gasteiger partial charge in [-0.1, -0.05) is 24.3 Å². The lowest BCUT2D eigenvalue weighted by Gasteiger charge is -2.10. The summed E-state index contributed by atoms with van der Waals surface area (Å²) in [4.78, 5) is 16.0. The summed E-state index contributed by atoms with van der Waals surface area (Å²) in [5.41, 5.74) is 2.68. The summed E-state index contributed by atoms with van der Waals surface area (Å²) in [6, 6.07) is 12.9. The molecule has 24 heavy (non-hydrogen) atoms. The van der Waals surface area contributed by atoms with Gasteiger partial charge < -0.3 is 4.74 Å². The molecule has 0 unspecified atom stereocenters. The molecule has 0 radical (unpaired) electrons. The molecule has 1 fully saturated rings. The molecular weight excluding hydrogens is 305 g/mol. The number of pyridine rings is 1. The zero-order valence-corrected chi connectivity index (χ0v) is 13.3. The van der Waals surface area contributed by atoms with Crippen LogP contribution in [0.15, 0.2) is 48.7 Å². The Morgan fingerprint density at radius 1 is 1.17 bits per heavy atom. The summed E-state index contributed by atoms with van der Waals surface area (Å²) < 4.78 is 19.2. The molecule has 1 saturated carbocycles. The first-order valence-electron chi connectivity index (χ1n) is 7.94. The number of hydrogen-bond acceptors (Lipinski definition) is 3. The van der Waals surface area contributed by atoms with Crippen LogP contribution < -0.4 is 0 Å². The molecule has 3 nitrogen and oxygen atoms in total. The van der Waals surface area contributed by atoms with Gasteiger partial charge in [0.1, 0.15) is 5.82 Å². The standard InChI is InChI=1S/C20H16FNO2/c1-24-20(23)14-8-5-12-3-2-4-15(16(12)9-14)17-10-19(13-6-7-13)22-11-18(17)21/h2-5,8-11,13H,6-7H2,1H3. The van der Waals surface area contributed by atoms with E-state index >= 15 is 0 Å². The number of carbonyl (C=O) groups is 1. The topological polar surface area (TPSA) is 39.2 Å². The van der Waals surface area contributed by atoms with E-state index in [1.54, 1.807) is 12.1 Å². The number of nitrogens with zero attached hydrogens (tertiary/aromatic N) is 1. The first-order valence-corrected chi connectivity index (χ1v) is 7.94. The van der Waals surface area contributed by atoms with Crippen LogP contribution >= 0.6 is 0 Å². The maximum Gasteiger partial charge on any atom is 0.337 e. The van der Waals surface area contributed by atoms with Crippen LogP contribution in [0.25, 0.3) is 21.9 Å². The SMILES string of the molecule is COC(=O)c1ccc2cccc(-c3cc(C4CC4)ncc3F)c2c1. The fraction of sp³-hybridized carbons (Fsp3) is 0.200. The van der Waals surface area contributed by atoms with E-state index in [1.807, 2.05) is 30.3 Å². The van der Waals surface area contributed by atoms with Crippen molar-refractivity contribution in [3.05, 3.63) is 65.7 Å². The van der Waals surface area contributed by atoms with Gasteiger partial charge in [-0.25, -0.2) is 9.18 Å². The van der Waals surface area contributed by atoms with E-state index in [1.165, 1.54) is 13.3 Å². The molecular formula is C20H16FNO2. The van der Waals surface area contributed by atoms with E-state index in [0.717, 1.165) is 34.9 Å². The van der Waals surface area contributed by atoms with E-state index in [-0.39, 0.29) is 5.82 Å². The van der Waals surface area contributed by atoms with Gasteiger partial charge in [-0.05, 0) is 47.4 Å². The maximum atomic E-state index is 14.4. The molecule has 4 rings (SSSR count). The highest BCUT2D eigenvalue weighted by atomic mass is 19.1. The van der Waals surface area contributed by atoms with Crippen molar-refractivity contribution >= 4 is 16.7 Å². The van der Waals surface area contributed by atoms with E-state index in [4.69, 9.17) is 4.74 Å². The van der Waals surface area contributed by atoms with Crippen molar-refractivity contribution in [1.29, 1.82) is 0 Å². The van der Waals surface area contributed by atoms with Crippen molar-refractivity contribution < 1.29 is 13.9 Å². The Hall–Kier alpha value is -2.75. The summed E-state index contributed by atoms with van der Waals surface area (Å²) in [7, 11) is 1.35. The summed E-state index contributed by atoms with van der Waals surface area (Å²) in [5, 5.41) is 1.77. The summed E-state index contributed by atoms with van der Waals surface area (Å²) in [6.45, 7) is 0. The van der Waals surface area contributed by atoms with Crippen LogP contribution in [-0.2, 0) is 4.74 Å². The summed E-state index contributed by atoms with van der Waals surface area (Å²) >= 11 is 0. The van der Waals surface area contributed by atoms with Crippen LogP contribution in [0.4, 0.5) is 4.39 Å². The second kappa shape index (κ2) is 5.71. The fourth-order valence-electron chi connectivity index (χ4n) is 3.02. The zero-order chi connectivity index (χ0) is 16.7. The number of fused-ring (bicyclic) bond motifs is 1. The molecule has 0 aliphatic heterocycles. The highest BCUT2D eigenvalue weighted by Gasteiger charge is 2.26. The molecule has 1 aliphatic carbocycles. The van der Waals surface area contributed by atoms with Gasteiger partial charge in [0, 0.05) is 17.2 Å². The quantitative estimate of drug-likeness (QED) is 0.656. The molecule has 1 aromatic heterocycles. The number of aromatic nitrogens is 1. The van der Waals surface area contributed by atoms with Crippen molar-refractivity contribution in [1.82, 2.24) is 4.98 Å². The zero-order valence-electron chi connectivity index (χ0n) is 13.3. The predicted octanol–water partition coefficient (Wildman–Crippen LogP) is 4.70. The molecule has 2 aromatic carbocycles. The molecule has 3 aromatic rings. The third-order valence-corrected chi connectivity index (χ3v) is 4.47. The molecule has 0 N–H and O–H groups in total. The second-order valence-electron chi connectivity index (χ2n) is 6.10. The normalized spacial score (nSPS) is 13.9. The van der Waals surface area contributed by atoms with Crippen molar-refractivity contribution in [3.8, 4) is 11.1 Å². The molecule has 0 saturated heterocycles. The Kier molecular flexibility index (Phi) is 3.53. The van der Waals surface area contributed by atoms with Gasteiger partial charge in [0.2, 0.25) is 0 Å². The Morgan fingerprint density at radius 3 is 2.75 bits per heavy atom. The lowest BCUT2D eigenvalue weighted by Crippen LogP contribution is -2.01. The van der Waals surface area contributed by atoms with Crippen molar-refractivity contribution in [2.75, 3.05) is 7.11 Å². The lowest BCUT2D eigenvalue weighted by molar-refractivity contribution is 0.0601. The number of rotatable bonds is 3. The molecule has 120 valence electrons. The fourth-order valence-corrected chi connectivity index (χ4v) is 3.02. The van der Waals surface area contributed by atoms with Crippen LogP contribution in [0.2, 0.25) is 0 Å². The highest BCUT2D eigenvalue weighted by Crippen LogP contribution is 2.41. The molecule has 4 heteroatoms. The molecule has 0 amide bonds. The highest BCUT2D eigenvalue weighted by molar-refractivity contribution is 6.01. The molecule has 1 heterocycles. The van der Waals surface area contributed by atoms with E-state index in [9.17, 15) is 9.18 Å². The number of methoxy groups -OCH3 is 1. The van der Waals surface area contributed by atoms with E-state index in [2.05, 4.69) is 4.98 Å². The largest absolute Gasteiger partial charge is 0.465 e. The molecule has 1 aliphatic rings. The Morgan fingerprint density at radius 2 is 2.00 bits per heavy atom. The average Bonchev–Trinajstić information content (AvgIpc) is 3.46. The second-order valence-corrected chi connectivity index (χ2v) is 6.10. The lowest BCUT2D eigenvalue weighted by atomic mass is 9.96.